The summed E-state index contributed by atoms with van der Waals surface area (Å²) in [5, 5.41) is 9.15. The molecule has 0 aliphatic rings. The minimum absolute atomic E-state index is 0.0402. The Kier molecular flexibility index (Phi) is 4.17. The van der Waals surface area contributed by atoms with Crippen molar-refractivity contribution in [2.24, 2.45) is 11.1 Å². The first kappa shape index (κ1) is 13.6. The summed E-state index contributed by atoms with van der Waals surface area (Å²) in [6.07, 6.45) is 0.247. The van der Waals surface area contributed by atoms with Crippen molar-refractivity contribution in [3.63, 3.8) is 0 Å². The highest BCUT2D eigenvalue weighted by Gasteiger charge is 2.36. The summed E-state index contributed by atoms with van der Waals surface area (Å²) in [6.45, 7) is 1.60. The first-order valence-corrected chi connectivity index (χ1v) is 5.32. The van der Waals surface area contributed by atoms with Gasteiger partial charge in [0.2, 0.25) is 0 Å². The van der Waals surface area contributed by atoms with E-state index in [0.717, 1.165) is 12.1 Å². The van der Waals surface area contributed by atoms with Crippen LogP contribution < -0.4 is 5.73 Å². The molecule has 3 N–H and O–H groups in total. The van der Waals surface area contributed by atoms with Gasteiger partial charge in [-0.3, -0.25) is 4.79 Å². The zero-order valence-electron chi connectivity index (χ0n) is 9.54. The summed E-state index contributed by atoms with van der Waals surface area (Å²) < 4.78 is 26.2. The molecule has 0 amide bonds. The van der Waals surface area contributed by atoms with Crippen LogP contribution in [0.15, 0.2) is 18.2 Å². The van der Waals surface area contributed by atoms with Gasteiger partial charge in [0.15, 0.2) is 0 Å². The predicted molar refractivity (Wildman–Crippen MR) is 59.5 cm³/mol. The van der Waals surface area contributed by atoms with Gasteiger partial charge < -0.3 is 10.8 Å². The molecule has 1 aromatic carbocycles. The fourth-order valence-corrected chi connectivity index (χ4v) is 1.69. The van der Waals surface area contributed by atoms with Crippen molar-refractivity contribution in [1.82, 2.24) is 0 Å². The lowest BCUT2D eigenvalue weighted by Gasteiger charge is -2.26. The van der Waals surface area contributed by atoms with Crippen molar-refractivity contribution >= 4 is 5.97 Å². The third kappa shape index (κ3) is 2.79. The van der Waals surface area contributed by atoms with E-state index in [0.29, 0.717) is 0 Å². The lowest BCUT2D eigenvalue weighted by atomic mass is 9.79. The molecule has 1 atom stereocenters. The van der Waals surface area contributed by atoms with Crippen molar-refractivity contribution in [2.75, 3.05) is 6.54 Å². The number of halogens is 2. The maximum Gasteiger partial charge on any atom is 0.311 e. The van der Waals surface area contributed by atoms with E-state index in [9.17, 15) is 13.6 Å². The van der Waals surface area contributed by atoms with Gasteiger partial charge in [-0.05, 0) is 24.5 Å². The third-order valence-electron chi connectivity index (χ3n) is 3.07. The summed E-state index contributed by atoms with van der Waals surface area (Å²) in [7, 11) is 0. The molecule has 5 heteroatoms. The second-order valence-electron chi connectivity index (χ2n) is 4.06. The second-order valence-corrected chi connectivity index (χ2v) is 4.06. The quantitative estimate of drug-likeness (QED) is 0.830. The molecule has 0 spiro atoms. The molecule has 94 valence electrons. The summed E-state index contributed by atoms with van der Waals surface area (Å²) in [5.74, 6) is -2.49. The Hall–Kier alpha value is -1.49. The molecule has 0 bridgehead atoms. The molecule has 0 saturated heterocycles. The molecule has 0 aromatic heterocycles. The van der Waals surface area contributed by atoms with Gasteiger partial charge in [0.05, 0.1) is 5.41 Å². The molecule has 0 heterocycles. The van der Waals surface area contributed by atoms with Crippen molar-refractivity contribution in [3.05, 3.63) is 35.4 Å². The average Bonchev–Trinajstić information content (AvgIpc) is 2.28. The highest BCUT2D eigenvalue weighted by Crippen LogP contribution is 2.27. The van der Waals surface area contributed by atoms with Gasteiger partial charge in [-0.15, -0.1) is 0 Å². The summed E-state index contributed by atoms with van der Waals surface area (Å²) >= 11 is 0. The van der Waals surface area contributed by atoms with Gasteiger partial charge in [-0.2, -0.15) is 0 Å². The van der Waals surface area contributed by atoms with E-state index in [4.69, 9.17) is 10.8 Å². The van der Waals surface area contributed by atoms with Crippen molar-refractivity contribution in [1.29, 1.82) is 0 Å². The smallest absolute Gasteiger partial charge is 0.311 e. The SMILES string of the molecule is CCC(CN)(Cc1ccc(F)cc1F)C(=O)O. The fourth-order valence-electron chi connectivity index (χ4n) is 1.69. The molecular weight excluding hydrogens is 228 g/mol. The molecular formula is C12H15F2NO2. The van der Waals surface area contributed by atoms with Crippen LogP contribution in [0.2, 0.25) is 0 Å². The molecule has 0 radical (unpaired) electrons. The number of benzene rings is 1. The molecule has 17 heavy (non-hydrogen) atoms. The maximum atomic E-state index is 13.4. The lowest BCUT2D eigenvalue weighted by Crippen LogP contribution is -2.40. The monoisotopic (exact) mass is 243 g/mol. The van der Waals surface area contributed by atoms with Gasteiger partial charge in [-0.25, -0.2) is 8.78 Å². The van der Waals surface area contributed by atoms with Crippen molar-refractivity contribution in [2.45, 2.75) is 19.8 Å². The molecule has 0 saturated carbocycles. The first-order chi connectivity index (χ1) is 7.95. The number of carboxylic acid groups (broad SMARTS) is 1. The molecule has 1 aromatic rings. The highest BCUT2D eigenvalue weighted by atomic mass is 19.1. The Balaban J connectivity index is 3.05. The van der Waals surface area contributed by atoms with Crippen LogP contribution in [0, 0.1) is 17.0 Å². The van der Waals surface area contributed by atoms with E-state index >= 15 is 0 Å². The Morgan fingerprint density at radius 2 is 2.12 bits per heavy atom. The Labute approximate surface area is 98.2 Å². The molecule has 0 aliphatic heterocycles. The summed E-state index contributed by atoms with van der Waals surface area (Å²) in [5.41, 5.74) is 4.44. The number of rotatable bonds is 5. The molecule has 0 fully saturated rings. The Bertz CT molecular complexity index is 417. The maximum absolute atomic E-state index is 13.4. The zero-order chi connectivity index (χ0) is 13.1. The number of nitrogens with two attached hydrogens (primary N) is 1. The number of aliphatic carboxylic acids is 1. The first-order valence-electron chi connectivity index (χ1n) is 5.32. The van der Waals surface area contributed by atoms with E-state index in [-0.39, 0.29) is 24.9 Å². The van der Waals surface area contributed by atoms with Crippen LogP contribution in [0.3, 0.4) is 0 Å². The molecule has 1 unspecified atom stereocenters. The normalized spacial score (nSPS) is 14.4. The van der Waals surface area contributed by atoms with Crippen molar-refractivity contribution in [3.8, 4) is 0 Å². The average molecular weight is 243 g/mol. The fraction of sp³-hybridized carbons (Fsp3) is 0.417. The van der Waals surface area contributed by atoms with E-state index in [2.05, 4.69) is 0 Å². The van der Waals surface area contributed by atoms with Crippen molar-refractivity contribution < 1.29 is 18.7 Å². The van der Waals surface area contributed by atoms with Crippen LogP contribution >= 0.6 is 0 Å². The van der Waals surface area contributed by atoms with Gasteiger partial charge in [0.1, 0.15) is 11.6 Å². The van der Waals surface area contributed by atoms with Gasteiger partial charge >= 0.3 is 5.97 Å². The standard InChI is InChI=1S/C12H15F2NO2/c1-2-12(7-15,11(16)17)6-8-3-4-9(13)5-10(8)14/h3-5H,2,6-7,15H2,1H3,(H,16,17). The molecule has 3 nitrogen and oxygen atoms in total. The summed E-state index contributed by atoms with van der Waals surface area (Å²) in [4.78, 5) is 11.2. The van der Waals surface area contributed by atoms with Crippen LogP contribution in [0.4, 0.5) is 8.78 Å². The highest BCUT2D eigenvalue weighted by molar-refractivity contribution is 5.75. The predicted octanol–water partition coefficient (Wildman–Crippen LogP) is 1.95. The summed E-state index contributed by atoms with van der Waals surface area (Å²) in [6, 6.07) is 3.11. The van der Waals surface area contributed by atoms with Gasteiger partial charge in [0, 0.05) is 12.6 Å². The van der Waals surface area contributed by atoms with E-state index in [1.807, 2.05) is 0 Å². The molecule has 0 aliphatic carbocycles. The van der Waals surface area contributed by atoms with E-state index in [1.165, 1.54) is 6.07 Å². The van der Waals surface area contributed by atoms with Crippen LogP contribution in [-0.2, 0) is 11.2 Å². The van der Waals surface area contributed by atoms with Gasteiger partial charge in [-0.1, -0.05) is 13.0 Å². The number of carboxylic acids is 1. The number of hydrogen-bond donors (Lipinski definition) is 2. The Morgan fingerprint density at radius 3 is 2.53 bits per heavy atom. The van der Waals surface area contributed by atoms with Gasteiger partial charge in [0.25, 0.3) is 0 Å². The van der Waals surface area contributed by atoms with Crippen LogP contribution in [0.5, 0.6) is 0 Å². The van der Waals surface area contributed by atoms with E-state index < -0.39 is 23.0 Å². The largest absolute Gasteiger partial charge is 0.481 e. The number of carbonyl (C=O) groups is 1. The number of hydrogen-bond acceptors (Lipinski definition) is 2. The van der Waals surface area contributed by atoms with Crippen LogP contribution in [0.1, 0.15) is 18.9 Å². The third-order valence-corrected chi connectivity index (χ3v) is 3.07. The van der Waals surface area contributed by atoms with Crippen LogP contribution in [0.25, 0.3) is 0 Å². The Morgan fingerprint density at radius 1 is 1.47 bits per heavy atom. The molecule has 1 rings (SSSR count). The topological polar surface area (TPSA) is 63.3 Å². The lowest BCUT2D eigenvalue weighted by molar-refractivity contribution is -0.148. The minimum atomic E-state index is -1.20. The van der Waals surface area contributed by atoms with E-state index in [1.54, 1.807) is 6.92 Å². The zero-order valence-corrected chi connectivity index (χ0v) is 9.54. The van der Waals surface area contributed by atoms with Crippen LogP contribution in [-0.4, -0.2) is 17.6 Å². The minimum Gasteiger partial charge on any atom is -0.481 e. The second kappa shape index (κ2) is 5.23.